The third kappa shape index (κ3) is 4.27. The van der Waals surface area contributed by atoms with Crippen molar-refractivity contribution in [3.8, 4) is 22.8 Å². The Kier molecular flexibility index (Phi) is 5.73. The second-order valence-electron chi connectivity index (χ2n) is 5.46. The Hall–Kier alpha value is -3.32. The number of aromatic nitrogens is 2. The summed E-state index contributed by atoms with van der Waals surface area (Å²) in [5.74, 6) is 0.770. The first kappa shape index (κ1) is 18.5. The van der Waals surface area contributed by atoms with Gasteiger partial charge in [-0.2, -0.15) is 10.2 Å². The van der Waals surface area contributed by atoms with Gasteiger partial charge in [-0.15, -0.1) is 0 Å². The van der Waals surface area contributed by atoms with E-state index in [2.05, 4.69) is 20.7 Å². The van der Waals surface area contributed by atoms with Crippen LogP contribution in [0.3, 0.4) is 0 Å². The van der Waals surface area contributed by atoms with Crippen LogP contribution in [0.2, 0.25) is 5.02 Å². The zero-order valence-electron chi connectivity index (χ0n) is 14.7. The third-order valence-electron chi connectivity index (χ3n) is 3.76. The van der Waals surface area contributed by atoms with Crippen molar-refractivity contribution in [2.24, 2.45) is 5.10 Å². The van der Waals surface area contributed by atoms with Crippen LogP contribution in [0.25, 0.3) is 11.3 Å². The number of hydrogen-bond acceptors (Lipinski definition) is 5. The summed E-state index contributed by atoms with van der Waals surface area (Å²) in [5.41, 5.74) is 4.78. The Morgan fingerprint density at radius 3 is 2.67 bits per heavy atom. The van der Waals surface area contributed by atoms with Crippen LogP contribution in [0.1, 0.15) is 16.1 Å². The highest BCUT2D eigenvalue weighted by atomic mass is 35.5. The molecule has 0 aliphatic heterocycles. The van der Waals surface area contributed by atoms with Gasteiger partial charge < -0.3 is 9.47 Å². The van der Waals surface area contributed by atoms with E-state index < -0.39 is 5.91 Å². The number of nitrogens with zero attached hydrogens (tertiary/aromatic N) is 2. The monoisotopic (exact) mass is 384 g/mol. The molecular weight excluding hydrogens is 368 g/mol. The van der Waals surface area contributed by atoms with E-state index in [1.807, 2.05) is 18.2 Å². The Bertz CT molecular complexity index is 985. The molecule has 27 heavy (non-hydrogen) atoms. The highest BCUT2D eigenvalue weighted by Gasteiger charge is 2.12. The number of carbonyl (C=O) groups excluding carboxylic acids is 1. The Morgan fingerprint density at radius 2 is 1.93 bits per heavy atom. The Labute approximate surface area is 161 Å². The number of amides is 1. The number of nitrogens with one attached hydrogen (secondary N) is 2. The summed E-state index contributed by atoms with van der Waals surface area (Å²) in [4.78, 5) is 12.2. The lowest BCUT2D eigenvalue weighted by Crippen LogP contribution is -2.18. The van der Waals surface area contributed by atoms with E-state index in [9.17, 15) is 4.79 Å². The average Bonchev–Trinajstić information content (AvgIpc) is 3.18. The summed E-state index contributed by atoms with van der Waals surface area (Å²) in [7, 11) is 3.11. The molecule has 0 fully saturated rings. The third-order valence-corrected chi connectivity index (χ3v) is 4.09. The molecular formula is C19H17ClN4O3. The molecule has 0 bridgehead atoms. The summed E-state index contributed by atoms with van der Waals surface area (Å²) in [5, 5.41) is 11.3. The topological polar surface area (TPSA) is 88.6 Å². The van der Waals surface area contributed by atoms with Crippen molar-refractivity contribution in [3.63, 3.8) is 0 Å². The second kappa shape index (κ2) is 8.37. The number of methoxy groups -OCH3 is 2. The summed E-state index contributed by atoms with van der Waals surface area (Å²) in [6, 6.07) is 14.2. The molecule has 138 valence electrons. The predicted molar refractivity (Wildman–Crippen MR) is 104 cm³/mol. The van der Waals surface area contributed by atoms with Gasteiger partial charge in [0, 0.05) is 5.56 Å². The Morgan fingerprint density at radius 1 is 1.15 bits per heavy atom. The van der Waals surface area contributed by atoms with Crippen LogP contribution >= 0.6 is 11.6 Å². The molecule has 8 heteroatoms. The van der Waals surface area contributed by atoms with Gasteiger partial charge in [-0.3, -0.25) is 9.89 Å². The number of aromatic amines is 1. The van der Waals surface area contributed by atoms with Crippen LogP contribution < -0.4 is 14.9 Å². The fourth-order valence-electron chi connectivity index (χ4n) is 2.40. The van der Waals surface area contributed by atoms with Gasteiger partial charge in [0.1, 0.15) is 5.69 Å². The number of benzene rings is 2. The fourth-order valence-corrected chi connectivity index (χ4v) is 2.64. The maximum absolute atomic E-state index is 12.2. The minimum absolute atomic E-state index is 0.273. The normalized spacial score (nSPS) is 10.8. The van der Waals surface area contributed by atoms with Crippen molar-refractivity contribution in [1.82, 2.24) is 15.6 Å². The molecule has 2 aromatic carbocycles. The molecule has 0 radical (unpaired) electrons. The largest absolute Gasteiger partial charge is 0.493 e. The van der Waals surface area contributed by atoms with E-state index in [0.29, 0.717) is 22.2 Å². The predicted octanol–water partition coefficient (Wildman–Crippen LogP) is 3.51. The van der Waals surface area contributed by atoms with Gasteiger partial charge in [-0.1, -0.05) is 29.8 Å². The minimum Gasteiger partial charge on any atom is -0.493 e. The van der Waals surface area contributed by atoms with Gasteiger partial charge in [0.15, 0.2) is 11.5 Å². The molecule has 0 aliphatic rings. The van der Waals surface area contributed by atoms with E-state index in [1.165, 1.54) is 6.21 Å². The van der Waals surface area contributed by atoms with Gasteiger partial charge in [-0.25, -0.2) is 5.43 Å². The highest BCUT2D eigenvalue weighted by molar-refractivity contribution is 6.33. The van der Waals surface area contributed by atoms with Crippen LogP contribution in [0.5, 0.6) is 11.5 Å². The number of carbonyl (C=O) groups is 1. The fraction of sp³-hybridized carbons (Fsp3) is 0.105. The van der Waals surface area contributed by atoms with Crippen LogP contribution in [-0.4, -0.2) is 36.5 Å². The number of hydrazone groups is 1. The molecule has 1 heterocycles. The van der Waals surface area contributed by atoms with Crippen LogP contribution in [0.15, 0.2) is 53.6 Å². The van der Waals surface area contributed by atoms with Crippen LogP contribution in [0.4, 0.5) is 0 Å². The number of hydrogen-bond donors (Lipinski definition) is 2. The molecule has 2 N–H and O–H groups in total. The number of halogens is 1. The number of H-pyrrole nitrogens is 1. The smallest absolute Gasteiger partial charge is 0.289 e. The van der Waals surface area contributed by atoms with Gasteiger partial charge in [0.2, 0.25) is 0 Å². The van der Waals surface area contributed by atoms with Gasteiger partial charge in [0.05, 0.1) is 31.2 Å². The van der Waals surface area contributed by atoms with E-state index >= 15 is 0 Å². The molecule has 3 aromatic rings. The van der Waals surface area contributed by atoms with Gasteiger partial charge in [-0.05, 0) is 35.9 Å². The zero-order valence-corrected chi connectivity index (χ0v) is 15.4. The quantitative estimate of drug-likeness (QED) is 0.502. The lowest BCUT2D eigenvalue weighted by molar-refractivity contribution is 0.0950. The number of rotatable bonds is 6. The van der Waals surface area contributed by atoms with Crippen LogP contribution in [0, 0.1) is 0 Å². The molecule has 0 saturated heterocycles. The molecule has 3 rings (SSSR count). The summed E-state index contributed by atoms with van der Waals surface area (Å²) < 4.78 is 10.4. The van der Waals surface area contributed by atoms with Crippen LogP contribution in [-0.2, 0) is 0 Å². The van der Waals surface area contributed by atoms with Gasteiger partial charge in [0.25, 0.3) is 5.91 Å². The van der Waals surface area contributed by atoms with E-state index in [0.717, 1.165) is 11.1 Å². The zero-order chi connectivity index (χ0) is 19.2. The Balaban J connectivity index is 1.68. The molecule has 0 unspecified atom stereocenters. The lowest BCUT2D eigenvalue weighted by atomic mass is 10.1. The van der Waals surface area contributed by atoms with E-state index in [1.54, 1.807) is 44.6 Å². The summed E-state index contributed by atoms with van der Waals surface area (Å²) >= 11 is 6.15. The summed E-state index contributed by atoms with van der Waals surface area (Å²) in [6.07, 6.45) is 1.51. The van der Waals surface area contributed by atoms with Crippen molar-refractivity contribution >= 4 is 23.7 Å². The van der Waals surface area contributed by atoms with Gasteiger partial charge >= 0.3 is 0 Å². The first-order valence-electron chi connectivity index (χ1n) is 7.98. The van der Waals surface area contributed by atoms with Crippen molar-refractivity contribution < 1.29 is 14.3 Å². The maximum Gasteiger partial charge on any atom is 0.289 e. The highest BCUT2D eigenvalue weighted by Crippen LogP contribution is 2.27. The molecule has 1 aromatic heterocycles. The van der Waals surface area contributed by atoms with Crippen molar-refractivity contribution in [1.29, 1.82) is 0 Å². The molecule has 1 amide bonds. The standard InChI is InChI=1S/C19H17ClN4O3/c1-26-17-8-7-12(9-18(17)27-2)11-21-24-19(25)16-10-15(22-23-16)13-5-3-4-6-14(13)20/h3-11H,1-2H3,(H,22,23)(H,24,25)/b21-11-. The van der Waals surface area contributed by atoms with Crippen molar-refractivity contribution in [2.45, 2.75) is 0 Å². The first-order chi connectivity index (χ1) is 13.1. The second-order valence-corrected chi connectivity index (χ2v) is 5.87. The lowest BCUT2D eigenvalue weighted by Gasteiger charge is -2.07. The minimum atomic E-state index is -0.419. The van der Waals surface area contributed by atoms with Crippen molar-refractivity contribution in [2.75, 3.05) is 14.2 Å². The maximum atomic E-state index is 12.2. The molecule has 7 nitrogen and oxygen atoms in total. The molecule has 0 atom stereocenters. The first-order valence-corrected chi connectivity index (χ1v) is 8.36. The van der Waals surface area contributed by atoms with E-state index in [-0.39, 0.29) is 5.69 Å². The van der Waals surface area contributed by atoms with E-state index in [4.69, 9.17) is 21.1 Å². The summed E-state index contributed by atoms with van der Waals surface area (Å²) in [6.45, 7) is 0. The number of ether oxygens (including phenoxy) is 2. The average molecular weight is 385 g/mol. The molecule has 0 aliphatic carbocycles. The SMILES string of the molecule is COc1ccc(/C=N\NC(=O)c2cc(-c3ccccc3Cl)n[nH]2)cc1OC. The molecule has 0 saturated carbocycles. The molecule has 0 spiro atoms. The van der Waals surface area contributed by atoms with Crippen molar-refractivity contribution in [3.05, 3.63) is 64.8 Å².